The third-order valence-electron chi connectivity index (χ3n) is 9.30. The van der Waals surface area contributed by atoms with Crippen molar-refractivity contribution in [3.63, 3.8) is 0 Å². The molecule has 0 spiro atoms. The van der Waals surface area contributed by atoms with Crippen LogP contribution >= 0.6 is 0 Å². The quantitative estimate of drug-likeness (QED) is 0.642. The zero-order valence-corrected chi connectivity index (χ0v) is 19.2. The number of aliphatic hydroxyl groups is 2. The number of allylic oxidation sites excluding steroid dienone is 4. The molecule has 0 bridgehead atoms. The van der Waals surface area contributed by atoms with Gasteiger partial charge in [-0.1, -0.05) is 32.4 Å². The highest BCUT2D eigenvalue weighted by Crippen LogP contribution is 2.70. The van der Waals surface area contributed by atoms with Gasteiger partial charge in [-0.25, -0.2) is 4.39 Å². The van der Waals surface area contributed by atoms with Crippen LogP contribution in [0.25, 0.3) is 0 Å². The van der Waals surface area contributed by atoms with E-state index in [2.05, 4.69) is 0 Å². The highest BCUT2D eigenvalue weighted by Gasteiger charge is 2.75. The number of hydrogen-bond acceptors (Lipinski definition) is 6. The van der Waals surface area contributed by atoms with Gasteiger partial charge in [0.25, 0.3) is 0 Å². The van der Waals surface area contributed by atoms with Crippen molar-refractivity contribution in [3.8, 4) is 0 Å². The summed E-state index contributed by atoms with van der Waals surface area (Å²) in [5.41, 5.74) is -5.33. The van der Waals surface area contributed by atoms with Crippen LogP contribution in [-0.4, -0.2) is 51.7 Å². The maximum Gasteiger partial charge on any atom is 0.305 e. The van der Waals surface area contributed by atoms with Crippen LogP contribution in [0.4, 0.5) is 4.39 Å². The Morgan fingerprint density at radius 2 is 1.97 bits per heavy atom. The molecule has 0 heterocycles. The first-order valence-electron chi connectivity index (χ1n) is 11.6. The van der Waals surface area contributed by atoms with Crippen LogP contribution in [0, 0.1) is 28.6 Å². The van der Waals surface area contributed by atoms with Gasteiger partial charge < -0.3 is 14.9 Å². The lowest BCUT2D eigenvalue weighted by atomic mass is 9.44. The van der Waals surface area contributed by atoms with Crippen molar-refractivity contribution >= 4 is 17.5 Å². The van der Waals surface area contributed by atoms with Crippen LogP contribution in [-0.2, 0) is 19.1 Å². The molecule has 0 aliphatic heterocycles. The largest absolute Gasteiger partial charge is 0.458 e. The lowest BCUT2D eigenvalue weighted by molar-refractivity contribution is -0.220. The maximum atomic E-state index is 17.1. The van der Waals surface area contributed by atoms with E-state index in [1.165, 1.54) is 12.2 Å². The Kier molecular flexibility index (Phi) is 5.33. The number of esters is 1. The molecule has 0 aromatic carbocycles. The molecule has 4 aliphatic rings. The number of aliphatic hydroxyl groups excluding tert-OH is 1. The van der Waals surface area contributed by atoms with Crippen LogP contribution in [0.1, 0.15) is 59.8 Å². The predicted octanol–water partition coefficient (Wildman–Crippen LogP) is 2.86. The Morgan fingerprint density at radius 1 is 1.28 bits per heavy atom. The van der Waals surface area contributed by atoms with Crippen LogP contribution in [0.2, 0.25) is 0 Å². The predicted molar refractivity (Wildman–Crippen MR) is 114 cm³/mol. The number of ether oxygens (including phenoxy) is 1. The Balaban J connectivity index is 1.73. The third-order valence-corrected chi connectivity index (χ3v) is 9.30. The number of Topliss-reactive ketones (excluding diaryl/α,β-unsaturated/α-hetero) is 1. The monoisotopic (exact) mass is 448 g/mol. The minimum atomic E-state index is -2.01. The summed E-state index contributed by atoms with van der Waals surface area (Å²) in [6, 6.07) is 0. The maximum absolute atomic E-state index is 17.1. The summed E-state index contributed by atoms with van der Waals surface area (Å²) >= 11 is 0. The molecule has 0 amide bonds. The molecule has 0 saturated heterocycles. The van der Waals surface area contributed by atoms with Crippen molar-refractivity contribution in [3.05, 3.63) is 23.8 Å². The van der Waals surface area contributed by atoms with Gasteiger partial charge in [0.05, 0.1) is 6.10 Å². The van der Waals surface area contributed by atoms with Gasteiger partial charge in [0.15, 0.2) is 18.1 Å². The van der Waals surface area contributed by atoms with Gasteiger partial charge in [0, 0.05) is 23.2 Å². The minimum Gasteiger partial charge on any atom is -0.458 e. The van der Waals surface area contributed by atoms with E-state index in [0.29, 0.717) is 24.8 Å². The van der Waals surface area contributed by atoms with Crippen molar-refractivity contribution in [2.45, 2.75) is 77.2 Å². The van der Waals surface area contributed by atoms with E-state index in [-0.39, 0.29) is 24.5 Å². The van der Waals surface area contributed by atoms with E-state index in [0.717, 1.165) is 0 Å². The number of hydrogen-bond donors (Lipinski definition) is 2. The molecular formula is C25H33FO6. The number of fused-ring (bicyclic) bond motifs is 5. The summed E-state index contributed by atoms with van der Waals surface area (Å²) in [5.74, 6) is -2.70. The van der Waals surface area contributed by atoms with E-state index < -0.39 is 58.4 Å². The summed E-state index contributed by atoms with van der Waals surface area (Å²) in [6.45, 7) is 6.35. The Bertz CT molecular complexity index is 925. The number of halogens is 1. The van der Waals surface area contributed by atoms with Gasteiger partial charge in [-0.3, -0.25) is 14.4 Å². The number of alkyl halides is 1. The molecule has 2 N–H and O–H groups in total. The zero-order chi connectivity index (χ0) is 23.7. The highest BCUT2D eigenvalue weighted by atomic mass is 19.1. The van der Waals surface area contributed by atoms with Gasteiger partial charge in [0.2, 0.25) is 5.78 Å². The third kappa shape index (κ3) is 2.73. The fourth-order valence-electron chi connectivity index (χ4n) is 7.50. The normalized spacial score (nSPS) is 47.2. The molecule has 6 nitrogen and oxygen atoms in total. The summed E-state index contributed by atoms with van der Waals surface area (Å²) in [7, 11) is 0. The van der Waals surface area contributed by atoms with E-state index in [4.69, 9.17) is 4.74 Å². The molecular weight excluding hydrogens is 415 g/mol. The number of ketones is 2. The fraction of sp³-hybridized carbons (Fsp3) is 0.720. The van der Waals surface area contributed by atoms with Crippen molar-refractivity contribution in [2.75, 3.05) is 6.61 Å². The first-order chi connectivity index (χ1) is 14.9. The van der Waals surface area contributed by atoms with Crippen LogP contribution in [0.3, 0.4) is 0 Å². The molecule has 176 valence electrons. The standard InChI is InChI=1S/C25H33FO6/c1-5-21(30)32-13-20(29)25(31)14(2)10-18-17-7-6-15-11-16(27)8-9-22(15,3)24(17,26)19(28)12-23(18,25)4/h8-9,11,14,17-19,28,31H,5-7,10,12-13H2,1-4H3/t14-,17+,18-,19-,22-,23-,24-,25-/m0/s1. The van der Waals surface area contributed by atoms with E-state index in [1.54, 1.807) is 33.8 Å². The summed E-state index contributed by atoms with van der Waals surface area (Å²) in [4.78, 5) is 36.7. The molecule has 32 heavy (non-hydrogen) atoms. The topological polar surface area (TPSA) is 101 Å². The summed E-state index contributed by atoms with van der Waals surface area (Å²) < 4.78 is 22.1. The second kappa shape index (κ2) is 7.32. The Morgan fingerprint density at radius 3 is 2.62 bits per heavy atom. The second-order valence-electron chi connectivity index (χ2n) is 10.6. The molecule has 8 atom stereocenters. The lowest BCUT2D eigenvalue weighted by Gasteiger charge is -2.62. The minimum absolute atomic E-state index is 0.0936. The van der Waals surface area contributed by atoms with Crippen molar-refractivity contribution < 1.29 is 33.7 Å². The SMILES string of the molecule is CCC(=O)OCC(=O)[C@@]1(O)[C@@H](C)C[C@H]2[C@H]3CCC4=CC(=O)C=C[C@]4(C)[C@@]3(F)[C@@H](O)C[C@@]21C. The van der Waals surface area contributed by atoms with Crippen LogP contribution in [0.15, 0.2) is 23.8 Å². The zero-order valence-electron chi connectivity index (χ0n) is 19.2. The molecule has 0 aromatic rings. The van der Waals surface area contributed by atoms with Gasteiger partial charge >= 0.3 is 5.97 Å². The lowest BCUT2D eigenvalue weighted by Crippen LogP contribution is -2.69. The van der Waals surface area contributed by atoms with E-state index >= 15 is 4.39 Å². The molecule has 3 saturated carbocycles. The molecule has 7 heteroatoms. The van der Waals surface area contributed by atoms with Crippen molar-refractivity contribution in [1.82, 2.24) is 0 Å². The summed E-state index contributed by atoms with van der Waals surface area (Å²) in [6.07, 6.45) is 4.42. The number of rotatable bonds is 4. The second-order valence-corrected chi connectivity index (χ2v) is 10.6. The number of carbonyl (C=O) groups excluding carboxylic acids is 3. The molecule has 0 aromatic heterocycles. The molecule has 0 radical (unpaired) electrons. The summed E-state index contributed by atoms with van der Waals surface area (Å²) in [5, 5.41) is 23.0. The van der Waals surface area contributed by atoms with Gasteiger partial charge in [-0.15, -0.1) is 0 Å². The smallest absolute Gasteiger partial charge is 0.305 e. The van der Waals surface area contributed by atoms with Crippen molar-refractivity contribution in [2.24, 2.45) is 28.6 Å². The van der Waals surface area contributed by atoms with Gasteiger partial charge in [0.1, 0.15) is 5.60 Å². The van der Waals surface area contributed by atoms with E-state index in [1.807, 2.05) is 0 Å². The average molecular weight is 449 g/mol. The fourth-order valence-corrected chi connectivity index (χ4v) is 7.50. The average Bonchev–Trinajstić information content (AvgIpc) is 2.94. The molecule has 4 aliphatic carbocycles. The highest BCUT2D eigenvalue weighted by molar-refractivity contribution is 6.01. The van der Waals surface area contributed by atoms with Crippen LogP contribution < -0.4 is 0 Å². The van der Waals surface area contributed by atoms with Crippen LogP contribution in [0.5, 0.6) is 0 Å². The van der Waals surface area contributed by atoms with Gasteiger partial charge in [-0.2, -0.15) is 0 Å². The number of carbonyl (C=O) groups is 3. The Hall–Kier alpha value is -1.86. The Labute approximate surface area is 187 Å². The molecule has 3 fully saturated rings. The van der Waals surface area contributed by atoms with Crippen molar-refractivity contribution in [1.29, 1.82) is 0 Å². The van der Waals surface area contributed by atoms with Gasteiger partial charge in [-0.05, 0) is 56.6 Å². The molecule has 0 unspecified atom stereocenters. The first kappa shape index (κ1) is 23.3. The molecule has 4 rings (SSSR count). The first-order valence-corrected chi connectivity index (χ1v) is 11.6. The van der Waals surface area contributed by atoms with E-state index in [9.17, 15) is 24.6 Å².